The fourth-order valence-corrected chi connectivity index (χ4v) is 3.46. The third-order valence-corrected chi connectivity index (χ3v) is 4.85. The maximum Gasteiger partial charge on any atom is 0.310 e. The number of benzene rings is 1. The van der Waals surface area contributed by atoms with E-state index in [9.17, 15) is 9.59 Å². The Kier molecular flexibility index (Phi) is 5.06. The predicted octanol–water partition coefficient (Wildman–Crippen LogP) is 3.31. The minimum absolute atomic E-state index is 0.113. The number of rotatable bonds is 4. The zero-order valence-electron chi connectivity index (χ0n) is 15.6. The minimum atomic E-state index is -0.260. The number of piperidine rings is 1. The number of ether oxygens (including phenoxy) is 1. The largest absolute Gasteiger partial charge is 0.466 e. The molecule has 7 heteroatoms. The quantitative estimate of drug-likeness (QED) is 0.647. The smallest absolute Gasteiger partial charge is 0.310 e. The second-order valence-electron chi connectivity index (χ2n) is 6.76. The van der Waals surface area contributed by atoms with E-state index in [0.29, 0.717) is 47.9 Å². The lowest BCUT2D eigenvalue weighted by Crippen LogP contribution is -2.42. The maximum absolute atomic E-state index is 12.9. The number of likely N-dealkylation sites (tertiary alicyclic amines) is 1. The van der Waals surface area contributed by atoms with E-state index < -0.39 is 0 Å². The van der Waals surface area contributed by atoms with Crippen LogP contribution in [0.1, 0.15) is 30.1 Å². The van der Waals surface area contributed by atoms with Gasteiger partial charge < -0.3 is 14.1 Å². The van der Waals surface area contributed by atoms with Crippen LogP contribution in [0.15, 0.2) is 47.0 Å². The van der Waals surface area contributed by atoms with Crippen LogP contribution in [0.5, 0.6) is 0 Å². The van der Waals surface area contributed by atoms with Gasteiger partial charge in [-0.2, -0.15) is 0 Å². The number of amides is 1. The van der Waals surface area contributed by atoms with Gasteiger partial charge in [0.05, 0.1) is 12.5 Å². The van der Waals surface area contributed by atoms with E-state index in [1.165, 1.54) is 0 Å². The van der Waals surface area contributed by atoms with Crippen molar-refractivity contribution in [3.05, 3.63) is 48.2 Å². The molecule has 3 aromatic rings. The van der Waals surface area contributed by atoms with E-state index >= 15 is 0 Å². The number of aromatic nitrogens is 2. The van der Waals surface area contributed by atoms with E-state index in [2.05, 4.69) is 9.97 Å². The molecular formula is C21H21N3O4. The number of nitrogens with zero attached hydrogens (tertiary/aromatic N) is 3. The molecule has 0 saturated carbocycles. The Hall–Kier alpha value is -3.22. The summed E-state index contributed by atoms with van der Waals surface area (Å²) in [5.74, 6) is -0.185. The third kappa shape index (κ3) is 3.60. The molecule has 4 rings (SSSR count). The molecule has 144 valence electrons. The molecule has 0 radical (unpaired) electrons. The van der Waals surface area contributed by atoms with Crippen LogP contribution in [0, 0.1) is 5.92 Å². The topological polar surface area (TPSA) is 85.5 Å². The lowest BCUT2D eigenvalue weighted by Gasteiger charge is -2.31. The van der Waals surface area contributed by atoms with Gasteiger partial charge >= 0.3 is 5.97 Å². The van der Waals surface area contributed by atoms with Gasteiger partial charge in [0.2, 0.25) is 5.89 Å². The van der Waals surface area contributed by atoms with Gasteiger partial charge in [-0.3, -0.25) is 14.6 Å². The first-order chi connectivity index (χ1) is 13.7. The Morgan fingerprint density at radius 3 is 2.96 bits per heavy atom. The van der Waals surface area contributed by atoms with Crippen LogP contribution in [0.4, 0.5) is 0 Å². The zero-order valence-corrected chi connectivity index (χ0v) is 15.6. The van der Waals surface area contributed by atoms with Crippen LogP contribution in [0.2, 0.25) is 0 Å². The van der Waals surface area contributed by atoms with Gasteiger partial charge in [-0.15, -0.1) is 0 Å². The van der Waals surface area contributed by atoms with E-state index in [4.69, 9.17) is 9.15 Å². The third-order valence-electron chi connectivity index (χ3n) is 4.85. The fourth-order valence-electron chi connectivity index (χ4n) is 3.46. The van der Waals surface area contributed by atoms with Crippen molar-refractivity contribution in [2.75, 3.05) is 19.7 Å². The van der Waals surface area contributed by atoms with Crippen LogP contribution < -0.4 is 0 Å². The molecule has 7 nitrogen and oxygen atoms in total. The van der Waals surface area contributed by atoms with Gasteiger partial charge in [0, 0.05) is 24.8 Å². The molecule has 1 atom stereocenters. The van der Waals surface area contributed by atoms with Crippen molar-refractivity contribution >= 4 is 23.0 Å². The Balaban J connectivity index is 1.55. The van der Waals surface area contributed by atoms with Crippen molar-refractivity contribution in [1.82, 2.24) is 14.9 Å². The molecule has 1 amide bonds. The van der Waals surface area contributed by atoms with Crippen molar-refractivity contribution < 1.29 is 18.7 Å². The molecule has 1 aliphatic rings. The van der Waals surface area contributed by atoms with E-state index in [-0.39, 0.29) is 17.8 Å². The van der Waals surface area contributed by atoms with Crippen LogP contribution in [-0.2, 0) is 9.53 Å². The standard InChI is InChI=1S/C21H21N3O4/c1-2-27-21(26)15-6-5-11-24(13-15)20(25)14-8-9-18-17(12-14)23-19(28-18)16-7-3-4-10-22-16/h3-4,7-10,12,15H,2,5-6,11,13H2,1H3. The average Bonchev–Trinajstić information content (AvgIpc) is 3.17. The predicted molar refractivity (Wildman–Crippen MR) is 103 cm³/mol. The second kappa shape index (κ2) is 7.80. The molecule has 0 aliphatic carbocycles. The van der Waals surface area contributed by atoms with Crippen molar-refractivity contribution in [2.45, 2.75) is 19.8 Å². The van der Waals surface area contributed by atoms with E-state index in [1.807, 2.05) is 18.2 Å². The summed E-state index contributed by atoms with van der Waals surface area (Å²) >= 11 is 0. The normalized spacial score (nSPS) is 16.9. The van der Waals surface area contributed by atoms with Crippen molar-refractivity contribution in [3.8, 4) is 11.6 Å². The highest BCUT2D eigenvalue weighted by Gasteiger charge is 2.30. The molecule has 3 heterocycles. The van der Waals surface area contributed by atoms with Crippen molar-refractivity contribution in [2.24, 2.45) is 5.92 Å². The van der Waals surface area contributed by atoms with Crippen molar-refractivity contribution in [1.29, 1.82) is 0 Å². The number of pyridine rings is 1. The average molecular weight is 379 g/mol. The molecule has 1 unspecified atom stereocenters. The van der Waals surface area contributed by atoms with Gasteiger partial charge in [0.1, 0.15) is 11.2 Å². The fraction of sp³-hybridized carbons (Fsp3) is 0.333. The number of carbonyl (C=O) groups is 2. The van der Waals surface area contributed by atoms with Gasteiger partial charge in [0.15, 0.2) is 5.58 Å². The van der Waals surface area contributed by atoms with Gasteiger partial charge in [-0.1, -0.05) is 6.07 Å². The first-order valence-corrected chi connectivity index (χ1v) is 9.43. The first kappa shape index (κ1) is 18.2. The molecule has 1 saturated heterocycles. The SMILES string of the molecule is CCOC(=O)C1CCCN(C(=O)c2ccc3oc(-c4ccccn4)nc3c2)C1. The van der Waals surface area contributed by atoms with Crippen LogP contribution >= 0.6 is 0 Å². The molecule has 2 aromatic heterocycles. The number of hydrogen-bond donors (Lipinski definition) is 0. The molecular weight excluding hydrogens is 358 g/mol. The summed E-state index contributed by atoms with van der Waals surface area (Å²) in [5, 5.41) is 0. The summed E-state index contributed by atoms with van der Waals surface area (Å²) in [6.45, 7) is 3.15. The Labute approximate surface area is 162 Å². The highest BCUT2D eigenvalue weighted by Crippen LogP contribution is 2.25. The van der Waals surface area contributed by atoms with Crippen molar-refractivity contribution in [3.63, 3.8) is 0 Å². The highest BCUT2D eigenvalue weighted by molar-refractivity contribution is 5.97. The van der Waals surface area contributed by atoms with Gasteiger partial charge in [0.25, 0.3) is 5.91 Å². The maximum atomic E-state index is 12.9. The van der Waals surface area contributed by atoms with E-state index in [0.717, 1.165) is 12.8 Å². The molecule has 28 heavy (non-hydrogen) atoms. The summed E-state index contributed by atoms with van der Waals surface area (Å²) in [6.07, 6.45) is 3.21. The lowest BCUT2D eigenvalue weighted by atomic mass is 9.97. The summed E-state index contributed by atoms with van der Waals surface area (Å²) < 4.78 is 10.9. The zero-order chi connectivity index (χ0) is 19.5. The first-order valence-electron chi connectivity index (χ1n) is 9.43. The number of carbonyl (C=O) groups excluding carboxylic acids is 2. The monoisotopic (exact) mass is 379 g/mol. The molecule has 1 aliphatic heterocycles. The molecule has 0 bridgehead atoms. The highest BCUT2D eigenvalue weighted by atomic mass is 16.5. The van der Waals surface area contributed by atoms with Crippen LogP contribution in [0.3, 0.4) is 0 Å². The summed E-state index contributed by atoms with van der Waals surface area (Å²) in [6, 6.07) is 10.7. The summed E-state index contributed by atoms with van der Waals surface area (Å²) in [7, 11) is 0. The number of oxazole rings is 1. The second-order valence-corrected chi connectivity index (χ2v) is 6.76. The number of hydrogen-bond acceptors (Lipinski definition) is 6. The number of esters is 1. The van der Waals surface area contributed by atoms with Crippen LogP contribution in [-0.4, -0.2) is 46.4 Å². The lowest BCUT2D eigenvalue weighted by molar-refractivity contribution is -0.149. The number of fused-ring (bicyclic) bond motifs is 1. The Morgan fingerprint density at radius 1 is 1.29 bits per heavy atom. The minimum Gasteiger partial charge on any atom is -0.466 e. The van der Waals surface area contributed by atoms with Crippen LogP contribution in [0.25, 0.3) is 22.7 Å². The molecule has 0 N–H and O–H groups in total. The Morgan fingerprint density at radius 2 is 2.18 bits per heavy atom. The molecule has 0 spiro atoms. The van der Waals surface area contributed by atoms with Gasteiger partial charge in [-0.05, 0) is 50.1 Å². The van der Waals surface area contributed by atoms with Gasteiger partial charge in [-0.25, -0.2) is 4.98 Å². The van der Waals surface area contributed by atoms with E-state index in [1.54, 1.807) is 36.2 Å². The summed E-state index contributed by atoms with van der Waals surface area (Å²) in [5.41, 5.74) is 2.36. The Bertz CT molecular complexity index is 999. The molecule has 1 fully saturated rings. The summed E-state index contributed by atoms with van der Waals surface area (Å²) in [4.78, 5) is 35.4. The molecule has 1 aromatic carbocycles.